The first kappa shape index (κ1) is 14.3. The van der Waals surface area contributed by atoms with Crippen molar-refractivity contribution in [2.75, 3.05) is 19.0 Å². The maximum atomic E-state index is 4.68. The summed E-state index contributed by atoms with van der Waals surface area (Å²) in [7, 11) is 4.08. The summed E-state index contributed by atoms with van der Waals surface area (Å²) in [6.45, 7) is 1.99. The third-order valence-electron chi connectivity index (χ3n) is 3.62. The molecule has 0 N–H and O–H groups in total. The number of rotatable bonds is 3. The fourth-order valence-electron chi connectivity index (χ4n) is 2.32. The van der Waals surface area contributed by atoms with Crippen LogP contribution in [-0.4, -0.2) is 24.1 Å². The summed E-state index contributed by atoms with van der Waals surface area (Å²) in [5.41, 5.74) is 6.07. The number of aromatic nitrogens is 2. The van der Waals surface area contributed by atoms with Crippen molar-refractivity contribution < 1.29 is 0 Å². The van der Waals surface area contributed by atoms with Gasteiger partial charge in [0.1, 0.15) is 0 Å². The molecule has 110 valence electrons. The van der Waals surface area contributed by atoms with Gasteiger partial charge in [-0.15, -0.1) is 0 Å². The largest absolute Gasteiger partial charge is 0.378 e. The Bertz CT molecular complexity index is 818. The summed E-state index contributed by atoms with van der Waals surface area (Å²) in [6, 6.07) is 16.4. The third-order valence-corrected chi connectivity index (χ3v) is 3.62. The van der Waals surface area contributed by atoms with E-state index in [4.69, 9.17) is 0 Å². The smallest absolute Gasteiger partial charge is 0.0894 e. The maximum Gasteiger partial charge on any atom is 0.0894 e. The molecule has 0 amide bonds. The molecule has 3 nitrogen and oxygen atoms in total. The molecule has 0 aliphatic carbocycles. The number of fused-ring (bicyclic) bond motifs is 1. The van der Waals surface area contributed by atoms with Gasteiger partial charge < -0.3 is 4.90 Å². The second-order valence-corrected chi connectivity index (χ2v) is 5.50. The standard InChI is InChI=1S/C19H19N3/c1-14-17(21-19-7-5-4-6-18(19)20-14)13-10-15-8-11-16(12-9-15)22(2)3/h4-13H,1-3H3/b13-10+. The zero-order chi connectivity index (χ0) is 15.5. The molecule has 22 heavy (non-hydrogen) atoms. The highest BCUT2D eigenvalue weighted by molar-refractivity contribution is 5.78. The minimum atomic E-state index is 0.912. The van der Waals surface area contributed by atoms with Crippen LogP contribution in [0.1, 0.15) is 17.0 Å². The lowest BCUT2D eigenvalue weighted by Gasteiger charge is -2.11. The van der Waals surface area contributed by atoms with E-state index in [-0.39, 0.29) is 0 Å². The molecule has 0 bridgehead atoms. The third kappa shape index (κ3) is 2.98. The lowest BCUT2D eigenvalue weighted by atomic mass is 10.1. The number of nitrogens with zero attached hydrogens (tertiary/aromatic N) is 3. The summed E-state index contributed by atoms with van der Waals surface area (Å²) in [6.07, 6.45) is 4.10. The van der Waals surface area contributed by atoms with Gasteiger partial charge in [0.2, 0.25) is 0 Å². The molecule has 0 spiro atoms. The quantitative estimate of drug-likeness (QED) is 0.724. The molecular weight excluding hydrogens is 270 g/mol. The van der Waals surface area contributed by atoms with E-state index < -0.39 is 0 Å². The molecule has 3 aromatic rings. The first-order valence-corrected chi connectivity index (χ1v) is 7.32. The van der Waals surface area contributed by atoms with E-state index in [1.54, 1.807) is 0 Å². The molecule has 0 saturated heterocycles. The molecule has 1 heterocycles. The predicted molar refractivity (Wildman–Crippen MR) is 94.0 cm³/mol. The molecule has 2 aromatic carbocycles. The van der Waals surface area contributed by atoms with Gasteiger partial charge in [0, 0.05) is 19.8 Å². The van der Waals surface area contributed by atoms with Crippen LogP contribution in [0.4, 0.5) is 5.69 Å². The van der Waals surface area contributed by atoms with Crippen molar-refractivity contribution in [1.82, 2.24) is 9.97 Å². The number of anilines is 1. The van der Waals surface area contributed by atoms with Gasteiger partial charge in [-0.2, -0.15) is 0 Å². The summed E-state index contributed by atoms with van der Waals surface area (Å²) in [5, 5.41) is 0. The monoisotopic (exact) mass is 289 g/mol. The lowest BCUT2D eigenvalue weighted by molar-refractivity contribution is 1.13. The molecule has 0 atom stereocenters. The van der Waals surface area contributed by atoms with Crippen LogP contribution in [0.15, 0.2) is 48.5 Å². The van der Waals surface area contributed by atoms with Gasteiger partial charge in [0.05, 0.1) is 22.4 Å². The van der Waals surface area contributed by atoms with Gasteiger partial charge in [-0.1, -0.05) is 30.3 Å². The van der Waals surface area contributed by atoms with E-state index in [0.717, 1.165) is 28.0 Å². The van der Waals surface area contributed by atoms with Crippen molar-refractivity contribution in [3.63, 3.8) is 0 Å². The number of benzene rings is 2. The Balaban J connectivity index is 1.90. The summed E-state index contributed by atoms with van der Waals surface area (Å²) in [4.78, 5) is 11.4. The number of aryl methyl sites for hydroxylation is 1. The van der Waals surface area contributed by atoms with Gasteiger partial charge in [-0.25, -0.2) is 9.97 Å². The first-order chi connectivity index (χ1) is 10.6. The Morgan fingerprint density at radius 3 is 2.09 bits per heavy atom. The number of para-hydroxylation sites is 2. The molecule has 0 aliphatic rings. The van der Waals surface area contributed by atoms with Gasteiger partial charge >= 0.3 is 0 Å². The average Bonchev–Trinajstić information content (AvgIpc) is 2.53. The van der Waals surface area contributed by atoms with E-state index in [1.165, 1.54) is 5.69 Å². The Morgan fingerprint density at radius 1 is 0.818 bits per heavy atom. The van der Waals surface area contributed by atoms with Crippen LogP contribution < -0.4 is 4.90 Å². The summed E-state index contributed by atoms with van der Waals surface area (Å²) < 4.78 is 0. The van der Waals surface area contributed by atoms with Crippen molar-refractivity contribution in [2.24, 2.45) is 0 Å². The lowest BCUT2D eigenvalue weighted by Crippen LogP contribution is -2.07. The summed E-state index contributed by atoms with van der Waals surface area (Å²) >= 11 is 0. The fraction of sp³-hybridized carbons (Fsp3) is 0.158. The molecular formula is C19H19N3. The Morgan fingerprint density at radius 2 is 1.45 bits per heavy atom. The number of hydrogen-bond donors (Lipinski definition) is 0. The van der Waals surface area contributed by atoms with E-state index in [2.05, 4.69) is 45.2 Å². The van der Waals surface area contributed by atoms with Crippen LogP contribution in [0, 0.1) is 6.92 Å². The highest BCUT2D eigenvalue weighted by Gasteiger charge is 2.02. The van der Waals surface area contributed by atoms with Crippen molar-refractivity contribution in [1.29, 1.82) is 0 Å². The highest BCUT2D eigenvalue weighted by Crippen LogP contribution is 2.16. The molecule has 1 aromatic heterocycles. The minimum absolute atomic E-state index is 0.912. The van der Waals surface area contributed by atoms with Gasteiger partial charge in [0.25, 0.3) is 0 Å². The Hall–Kier alpha value is -2.68. The van der Waals surface area contributed by atoms with Crippen molar-refractivity contribution in [3.05, 3.63) is 65.5 Å². The topological polar surface area (TPSA) is 29.0 Å². The Kier molecular flexibility index (Phi) is 3.88. The van der Waals surface area contributed by atoms with Crippen LogP contribution in [0.3, 0.4) is 0 Å². The van der Waals surface area contributed by atoms with Crippen LogP contribution in [-0.2, 0) is 0 Å². The predicted octanol–water partition coefficient (Wildman–Crippen LogP) is 4.17. The zero-order valence-corrected chi connectivity index (χ0v) is 13.1. The van der Waals surface area contributed by atoms with Crippen LogP contribution in [0.2, 0.25) is 0 Å². The van der Waals surface area contributed by atoms with Crippen LogP contribution >= 0.6 is 0 Å². The van der Waals surface area contributed by atoms with E-state index in [9.17, 15) is 0 Å². The van der Waals surface area contributed by atoms with Crippen LogP contribution in [0.5, 0.6) is 0 Å². The SMILES string of the molecule is Cc1nc2ccccc2nc1/C=C/c1ccc(N(C)C)cc1. The zero-order valence-electron chi connectivity index (χ0n) is 13.1. The Labute approximate surface area is 131 Å². The second-order valence-electron chi connectivity index (χ2n) is 5.50. The minimum Gasteiger partial charge on any atom is -0.378 e. The molecule has 0 saturated carbocycles. The molecule has 3 heteroatoms. The fourth-order valence-corrected chi connectivity index (χ4v) is 2.32. The van der Waals surface area contributed by atoms with Gasteiger partial charge in [-0.3, -0.25) is 0 Å². The highest BCUT2D eigenvalue weighted by atomic mass is 15.1. The van der Waals surface area contributed by atoms with Crippen molar-refractivity contribution in [2.45, 2.75) is 6.92 Å². The van der Waals surface area contributed by atoms with Crippen LogP contribution in [0.25, 0.3) is 23.2 Å². The number of hydrogen-bond acceptors (Lipinski definition) is 3. The van der Waals surface area contributed by atoms with E-state index in [1.807, 2.05) is 51.4 Å². The van der Waals surface area contributed by atoms with Crippen molar-refractivity contribution >= 4 is 28.9 Å². The molecule has 0 aliphatic heterocycles. The van der Waals surface area contributed by atoms with E-state index >= 15 is 0 Å². The van der Waals surface area contributed by atoms with Crippen molar-refractivity contribution in [3.8, 4) is 0 Å². The van der Waals surface area contributed by atoms with Gasteiger partial charge in [-0.05, 0) is 42.8 Å². The maximum absolute atomic E-state index is 4.68. The first-order valence-electron chi connectivity index (χ1n) is 7.32. The normalized spacial score (nSPS) is 11.2. The molecule has 0 radical (unpaired) electrons. The summed E-state index contributed by atoms with van der Waals surface area (Å²) in [5.74, 6) is 0. The average molecular weight is 289 g/mol. The van der Waals surface area contributed by atoms with Gasteiger partial charge in [0.15, 0.2) is 0 Å². The molecule has 0 fully saturated rings. The molecule has 3 rings (SSSR count). The second kappa shape index (κ2) is 5.98. The molecule has 0 unspecified atom stereocenters. The van der Waals surface area contributed by atoms with E-state index in [0.29, 0.717) is 0 Å².